The Morgan fingerprint density at radius 2 is 1.95 bits per heavy atom. The van der Waals surface area contributed by atoms with Crippen LogP contribution in [0.25, 0.3) is 11.3 Å². The molecule has 3 rings (SSSR count). The number of rotatable bonds is 3. The highest BCUT2D eigenvalue weighted by atomic mass is 16.5. The van der Waals surface area contributed by atoms with Crippen LogP contribution in [-0.4, -0.2) is 29.6 Å². The van der Waals surface area contributed by atoms with Gasteiger partial charge >= 0.3 is 0 Å². The van der Waals surface area contributed by atoms with Crippen LogP contribution in [0.2, 0.25) is 0 Å². The van der Waals surface area contributed by atoms with Crippen molar-refractivity contribution in [2.24, 2.45) is 0 Å². The maximum atomic E-state index is 10.9. The normalized spacial score (nSPS) is 24.2. The van der Waals surface area contributed by atoms with E-state index >= 15 is 0 Å². The molecule has 1 aromatic heterocycles. The Labute approximate surface area is 129 Å². The number of nitrogens with zero attached hydrogens (tertiary/aromatic N) is 1. The first-order valence-corrected chi connectivity index (χ1v) is 7.40. The van der Waals surface area contributed by atoms with Gasteiger partial charge in [0, 0.05) is 24.5 Å². The van der Waals surface area contributed by atoms with Gasteiger partial charge in [0.2, 0.25) is 0 Å². The van der Waals surface area contributed by atoms with Gasteiger partial charge in [-0.3, -0.25) is 0 Å². The summed E-state index contributed by atoms with van der Waals surface area (Å²) in [7, 11) is 1.63. The SMILES string of the molecule is COc1ccc(-c2cc([C@]3(O)CCOC(C)(C)C3)on2)cc1. The molecule has 5 heteroatoms. The maximum absolute atomic E-state index is 10.9. The lowest BCUT2D eigenvalue weighted by molar-refractivity contribution is -0.156. The van der Waals surface area contributed by atoms with Crippen LogP contribution >= 0.6 is 0 Å². The molecule has 1 fully saturated rings. The summed E-state index contributed by atoms with van der Waals surface area (Å²) in [4.78, 5) is 0. The predicted octanol–water partition coefficient (Wildman–Crippen LogP) is 3.13. The van der Waals surface area contributed by atoms with Crippen LogP contribution in [0.3, 0.4) is 0 Å². The lowest BCUT2D eigenvalue weighted by atomic mass is 9.82. The van der Waals surface area contributed by atoms with Gasteiger partial charge in [-0.05, 0) is 38.1 Å². The number of aromatic nitrogens is 1. The zero-order valence-electron chi connectivity index (χ0n) is 13.1. The fourth-order valence-corrected chi connectivity index (χ4v) is 2.94. The van der Waals surface area contributed by atoms with E-state index in [-0.39, 0.29) is 5.60 Å². The second-order valence-corrected chi connectivity index (χ2v) is 6.37. The summed E-state index contributed by atoms with van der Waals surface area (Å²) in [6.07, 6.45) is 0.991. The van der Waals surface area contributed by atoms with Crippen LogP contribution in [0.1, 0.15) is 32.4 Å². The number of ether oxygens (including phenoxy) is 2. The molecule has 0 aliphatic carbocycles. The lowest BCUT2D eigenvalue weighted by Crippen LogP contribution is -2.43. The molecule has 1 N–H and O–H groups in total. The van der Waals surface area contributed by atoms with Crippen molar-refractivity contribution in [2.75, 3.05) is 13.7 Å². The van der Waals surface area contributed by atoms with Crippen LogP contribution in [0, 0.1) is 0 Å². The Balaban J connectivity index is 1.86. The van der Waals surface area contributed by atoms with Crippen molar-refractivity contribution in [3.05, 3.63) is 36.1 Å². The van der Waals surface area contributed by atoms with Crippen LogP contribution in [0.5, 0.6) is 5.75 Å². The van der Waals surface area contributed by atoms with Crippen LogP contribution in [0.4, 0.5) is 0 Å². The molecule has 1 atom stereocenters. The highest BCUT2D eigenvalue weighted by molar-refractivity contribution is 5.60. The molecule has 0 saturated carbocycles. The summed E-state index contributed by atoms with van der Waals surface area (Å²) in [5.41, 5.74) is 0.223. The third-order valence-electron chi connectivity index (χ3n) is 4.08. The van der Waals surface area contributed by atoms with E-state index in [0.717, 1.165) is 11.3 Å². The van der Waals surface area contributed by atoms with Gasteiger partial charge in [0.25, 0.3) is 0 Å². The van der Waals surface area contributed by atoms with Crippen molar-refractivity contribution < 1.29 is 19.1 Å². The van der Waals surface area contributed by atoms with Gasteiger partial charge in [0.15, 0.2) is 5.76 Å². The molecule has 1 saturated heterocycles. The summed E-state index contributed by atoms with van der Waals surface area (Å²) in [6, 6.07) is 9.38. The van der Waals surface area contributed by atoms with E-state index in [1.165, 1.54) is 0 Å². The average molecular weight is 303 g/mol. The highest BCUT2D eigenvalue weighted by Crippen LogP contribution is 2.40. The molecule has 0 unspecified atom stereocenters. The molecule has 0 radical (unpaired) electrons. The first-order chi connectivity index (χ1) is 10.4. The summed E-state index contributed by atoms with van der Waals surface area (Å²) < 4.78 is 16.2. The molecular weight excluding hydrogens is 282 g/mol. The first-order valence-electron chi connectivity index (χ1n) is 7.40. The van der Waals surface area contributed by atoms with E-state index < -0.39 is 5.60 Å². The molecule has 118 valence electrons. The van der Waals surface area contributed by atoms with E-state index in [0.29, 0.717) is 30.9 Å². The second kappa shape index (κ2) is 5.41. The minimum atomic E-state index is -1.03. The monoisotopic (exact) mass is 303 g/mol. The summed E-state index contributed by atoms with van der Waals surface area (Å²) in [5, 5.41) is 15.0. The summed E-state index contributed by atoms with van der Waals surface area (Å²) >= 11 is 0. The molecule has 2 aromatic rings. The molecule has 2 heterocycles. The van der Waals surface area contributed by atoms with Gasteiger partial charge < -0.3 is 19.1 Å². The zero-order valence-corrected chi connectivity index (χ0v) is 13.1. The van der Waals surface area contributed by atoms with Gasteiger partial charge in [-0.25, -0.2) is 0 Å². The maximum Gasteiger partial charge on any atom is 0.169 e. The number of hydrogen-bond donors (Lipinski definition) is 1. The highest BCUT2D eigenvalue weighted by Gasteiger charge is 2.43. The molecule has 22 heavy (non-hydrogen) atoms. The first kappa shape index (κ1) is 15.1. The summed E-state index contributed by atoms with van der Waals surface area (Å²) in [5.74, 6) is 1.28. The van der Waals surface area contributed by atoms with Gasteiger partial charge in [0.1, 0.15) is 17.0 Å². The van der Waals surface area contributed by atoms with Gasteiger partial charge in [-0.15, -0.1) is 0 Å². The van der Waals surface area contributed by atoms with Gasteiger partial charge in [0.05, 0.1) is 19.3 Å². The van der Waals surface area contributed by atoms with E-state index in [9.17, 15) is 5.11 Å². The Morgan fingerprint density at radius 3 is 2.59 bits per heavy atom. The van der Waals surface area contributed by atoms with Gasteiger partial charge in [-0.1, -0.05) is 5.16 Å². The van der Waals surface area contributed by atoms with E-state index in [4.69, 9.17) is 14.0 Å². The zero-order chi connectivity index (χ0) is 15.8. The van der Waals surface area contributed by atoms with Crippen molar-refractivity contribution in [1.82, 2.24) is 5.16 Å². The quantitative estimate of drug-likeness (QED) is 0.943. The van der Waals surface area contributed by atoms with Crippen molar-refractivity contribution in [3.8, 4) is 17.0 Å². The Kier molecular flexibility index (Phi) is 3.70. The Bertz CT molecular complexity index is 647. The molecule has 1 aliphatic rings. The van der Waals surface area contributed by atoms with E-state index in [1.54, 1.807) is 7.11 Å². The molecule has 0 amide bonds. The largest absolute Gasteiger partial charge is 0.497 e. The number of aliphatic hydroxyl groups is 1. The van der Waals surface area contributed by atoms with Crippen molar-refractivity contribution in [3.63, 3.8) is 0 Å². The minimum absolute atomic E-state index is 0.375. The minimum Gasteiger partial charge on any atom is -0.497 e. The van der Waals surface area contributed by atoms with Crippen molar-refractivity contribution in [1.29, 1.82) is 0 Å². The Hall–Kier alpha value is -1.85. The van der Waals surface area contributed by atoms with Crippen molar-refractivity contribution >= 4 is 0 Å². The molecule has 5 nitrogen and oxygen atoms in total. The molecule has 0 bridgehead atoms. The topological polar surface area (TPSA) is 64.7 Å². The molecule has 1 aromatic carbocycles. The molecular formula is C17H21NO4. The van der Waals surface area contributed by atoms with Crippen molar-refractivity contribution in [2.45, 2.75) is 37.9 Å². The van der Waals surface area contributed by atoms with Crippen LogP contribution in [0.15, 0.2) is 34.9 Å². The molecule has 0 spiro atoms. The summed E-state index contributed by atoms with van der Waals surface area (Å²) in [6.45, 7) is 4.44. The number of hydrogen-bond acceptors (Lipinski definition) is 5. The van der Waals surface area contributed by atoms with Gasteiger partial charge in [-0.2, -0.15) is 0 Å². The number of methoxy groups -OCH3 is 1. The lowest BCUT2D eigenvalue weighted by Gasteiger charge is -2.39. The van der Waals surface area contributed by atoms with E-state index in [2.05, 4.69) is 5.16 Å². The van der Waals surface area contributed by atoms with E-state index in [1.807, 2.05) is 44.2 Å². The Morgan fingerprint density at radius 1 is 1.23 bits per heavy atom. The predicted molar refractivity (Wildman–Crippen MR) is 81.7 cm³/mol. The third kappa shape index (κ3) is 2.87. The van der Waals surface area contributed by atoms with Crippen LogP contribution < -0.4 is 4.74 Å². The smallest absolute Gasteiger partial charge is 0.169 e. The fraction of sp³-hybridized carbons (Fsp3) is 0.471. The average Bonchev–Trinajstić information content (AvgIpc) is 2.97. The molecule has 1 aliphatic heterocycles. The second-order valence-electron chi connectivity index (χ2n) is 6.37. The third-order valence-corrected chi connectivity index (χ3v) is 4.08. The fourth-order valence-electron chi connectivity index (χ4n) is 2.94. The standard InChI is InChI=1S/C17H21NO4/c1-16(2)11-17(19,8-9-21-16)15-10-14(18-22-15)12-4-6-13(20-3)7-5-12/h4-7,10,19H,8-9,11H2,1-3H3/t17-/m0/s1. The number of benzene rings is 1. The van der Waals surface area contributed by atoms with Crippen LogP contribution in [-0.2, 0) is 10.3 Å².